The molecule has 0 heterocycles. The van der Waals surface area contributed by atoms with E-state index in [1.807, 2.05) is 12.2 Å². The van der Waals surface area contributed by atoms with Gasteiger partial charge in [-0.3, -0.25) is 9.59 Å². The molecule has 0 aromatic heterocycles. The standard InChI is InChI=1S/C14H12O3/c1-10(15)17-13-9-5-4-8-12(13)14(16)11-6-2-3-7-11/h2-6,8-9H,7H2,1H3. The highest BCUT2D eigenvalue weighted by molar-refractivity contribution is 6.11. The van der Waals surface area contributed by atoms with Crippen LogP contribution >= 0.6 is 0 Å². The van der Waals surface area contributed by atoms with Gasteiger partial charge in [-0.05, 0) is 18.6 Å². The summed E-state index contributed by atoms with van der Waals surface area (Å²) in [6.45, 7) is 1.32. The number of carbonyl (C=O) groups is 2. The SMILES string of the molecule is CC(=O)Oc1ccccc1C(=O)C1=CC=CC1. The van der Waals surface area contributed by atoms with Gasteiger partial charge in [-0.1, -0.05) is 30.4 Å². The van der Waals surface area contributed by atoms with E-state index in [-0.39, 0.29) is 5.78 Å². The molecule has 1 aromatic carbocycles. The zero-order valence-electron chi connectivity index (χ0n) is 9.47. The van der Waals surface area contributed by atoms with Crippen LogP contribution in [0.3, 0.4) is 0 Å². The van der Waals surface area contributed by atoms with Crippen LogP contribution in [0, 0.1) is 0 Å². The lowest BCUT2D eigenvalue weighted by atomic mass is 10.0. The number of rotatable bonds is 3. The summed E-state index contributed by atoms with van der Waals surface area (Å²) in [7, 11) is 0. The maximum atomic E-state index is 12.1. The van der Waals surface area contributed by atoms with Gasteiger partial charge in [-0.2, -0.15) is 0 Å². The Morgan fingerprint density at radius 3 is 2.65 bits per heavy atom. The van der Waals surface area contributed by atoms with Crippen molar-refractivity contribution in [2.24, 2.45) is 0 Å². The van der Waals surface area contributed by atoms with Gasteiger partial charge in [0.25, 0.3) is 0 Å². The van der Waals surface area contributed by atoms with Crippen LogP contribution in [0.15, 0.2) is 48.1 Å². The van der Waals surface area contributed by atoms with Crippen molar-refractivity contribution in [2.75, 3.05) is 0 Å². The molecule has 0 bridgehead atoms. The van der Waals surface area contributed by atoms with Crippen LogP contribution in [-0.4, -0.2) is 11.8 Å². The number of carbonyl (C=O) groups excluding carboxylic acids is 2. The molecular formula is C14H12O3. The van der Waals surface area contributed by atoms with Crippen molar-refractivity contribution >= 4 is 11.8 Å². The number of esters is 1. The quantitative estimate of drug-likeness (QED) is 0.454. The number of ether oxygens (including phenoxy) is 1. The van der Waals surface area contributed by atoms with Gasteiger partial charge in [0.1, 0.15) is 5.75 Å². The number of Topliss-reactive ketones (excluding diaryl/α,β-unsaturated/α-hetero) is 1. The zero-order chi connectivity index (χ0) is 12.3. The maximum Gasteiger partial charge on any atom is 0.308 e. The number of hydrogen-bond acceptors (Lipinski definition) is 3. The Labute approximate surface area is 99.4 Å². The molecule has 0 radical (unpaired) electrons. The Hall–Kier alpha value is -2.16. The predicted octanol–water partition coefficient (Wildman–Crippen LogP) is 2.68. The van der Waals surface area contributed by atoms with Crippen LogP contribution in [0.1, 0.15) is 23.7 Å². The first-order chi connectivity index (χ1) is 8.18. The molecule has 0 atom stereocenters. The van der Waals surface area contributed by atoms with Crippen LogP contribution < -0.4 is 4.74 Å². The number of allylic oxidation sites excluding steroid dienone is 4. The fourth-order valence-electron chi connectivity index (χ4n) is 1.69. The highest BCUT2D eigenvalue weighted by Crippen LogP contribution is 2.24. The predicted molar refractivity (Wildman–Crippen MR) is 63.9 cm³/mol. The van der Waals surface area contributed by atoms with Crippen LogP contribution in [0.5, 0.6) is 5.75 Å². The number of ketones is 1. The number of benzene rings is 1. The summed E-state index contributed by atoms with van der Waals surface area (Å²) in [5.41, 5.74) is 1.14. The third-order valence-electron chi connectivity index (χ3n) is 2.45. The summed E-state index contributed by atoms with van der Waals surface area (Å²) in [6.07, 6.45) is 6.18. The molecule has 0 fully saturated rings. The van der Waals surface area contributed by atoms with Gasteiger partial charge < -0.3 is 4.74 Å². The van der Waals surface area contributed by atoms with Crippen molar-refractivity contribution in [3.63, 3.8) is 0 Å². The van der Waals surface area contributed by atoms with E-state index >= 15 is 0 Å². The molecule has 0 amide bonds. The fourth-order valence-corrected chi connectivity index (χ4v) is 1.69. The molecule has 17 heavy (non-hydrogen) atoms. The van der Waals surface area contributed by atoms with Gasteiger partial charge in [-0.15, -0.1) is 0 Å². The van der Waals surface area contributed by atoms with Crippen LogP contribution in [0.25, 0.3) is 0 Å². The maximum absolute atomic E-state index is 12.1. The minimum Gasteiger partial charge on any atom is -0.426 e. The molecule has 0 aliphatic heterocycles. The Morgan fingerprint density at radius 1 is 1.24 bits per heavy atom. The first-order valence-electron chi connectivity index (χ1n) is 5.36. The number of para-hydroxylation sites is 1. The molecule has 0 unspecified atom stereocenters. The molecule has 1 aliphatic carbocycles. The van der Waals surface area contributed by atoms with Crippen LogP contribution in [0.4, 0.5) is 0 Å². The molecule has 2 rings (SSSR count). The molecule has 0 N–H and O–H groups in total. The van der Waals surface area contributed by atoms with E-state index in [0.29, 0.717) is 23.3 Å². The number of hydrogen-bond donors (Lipinski definition) is 0. The van der Waals surface area contributed by atoms with Gasteiger partial charge in [0.05, 0.1) is 5.56 Å². The van der Waals surface area contributed by atoms with E-state index < -0.39 is 5.97 Å². The Kier molecular flexibility index (Phi) is 3.19. The molecule has 0 saturated heterocycles. The third kappa shape index (κ3) is 2.50. The van der Waals surface area contributed by atoms with E-state index in [2.05, 4.69) is 0 Å². The van der Waals surface area contributed by atoms with E-state index in [9.17, 15) is 9.59 Å². The summed E-state index contributed by atoms with van der Waals surface area (Å²) >= 11 is 0. The monoisotopic (exact) mass is 228 g/mol. The van der Waals surface area contributed by atoms with Gasteiger partial charge in [-0.25, -0.2) is 0 Å². The zero-order valence-corrected chi connectivity index (χ0v) is 9.47. The first-order valence-corrected chi connectivity index (χ1v) is 5.36. The largest absolute Gasteiger partial charge is 0.426 e. The van der Waals surface area contributed by atoms with Gasteiger partial charge in [0.15, 0.2) is 5.78 Å². The summed E-state index contributed by atoms with van der Waals surface area (Å²) in [4.78, 5) is 23.1. The molecule has 1 aliphatic rings. The summed E-state index contributed by atoms with van der Waals surface area (Å²) < 4.78 is 5.02. The lowest BCUT2D eigenvalue weighted by Gasteiger charge is -2.08. The van der Waals surface area contributed by atoms with Crippen molar-refractivity contribution in [1.82, 2.24) is 0 Å². The molecule has 3 heteroatoms. The van der Waals surface area contributed by atoms with Crippen LogP contribution in [0.2, 0.25) is 0 Å². The summed E-state index contributed by atoms with van der Waals surface area (Å²) in [5, 5.41) is 0. The van der Waals surface area contributed by atoms with Crippen molar-refractivity contribution in [3.05, 3.63) is 53.6 Å². The fraction of sp³-hybridized carbons (Fsp3) is 0.143. The Morgan fingerprint density at radius 2 is 2.00 bits per heavy atom. The summed E-state index contributed by atoms with van der Waals surface area (Å²) in [6, 6.07) is 6.77. The van der Waals surface area contributed by atoms with Crippen molar-refractivity contribution < 1.29 is 14.3 Å². The average Bonchev–Trinajstić information content (AvgIpc) is 2.81. The van der Waals surface area contributed by atoms with Gasteiger partial charge >= 0.3 is 5.97 Å². The first kappa shape index (κ1) is 11.3. The molecule has 0 saturated carbocycles. The Balaban J connectivity index is 2.31. The molecule has 0 spiro atoms. The second-order valence-electron chi connectivity index (χ2n) is 3.74. The minimum absolute atomic E-state index is 0.0909. The second-order valence-corrected chi connectivity index (χ2v) is 3.74. The lowest BCUT2D eigenvalue weighted by molar-refractivity contribution is -0.131. The van der Waals surface area contributed by atoms with Gasteiger partial charge in [0.2, 0.25) is 0 Å². The highest BCUT2D eigenvalue weighted by atomic mass is 16.5. The lowest BCUT2D eigenvalue weighted by Crippen LogP contribution is -2.08. The molecular weight excluding hydrogens is 216 g/mol. The molecule has 1 aromatic rings. The topological polar surface area (TPSA) is 43.4 Å². The van der Waals surface area contributed by atoms with Crippen LogP contribution in [-0.2, 0) is 4.79 Å². The molecule has 3 nitrogen and oxygen atoms in total. The van der Waals surface area contributed by atoms with E-state index in [1.165, 1.54) is 6.92 Å². The second kappa shape index (κ2) is 4.78. The van der Waals surface area contributed by atoms with Gasteiger partial charge in [0, 0.05) is 12.5 Å². The van der Waals surface area contributed by atoms with E-state index in [4.69, 9.17) is 4.74 Å². The smallest absolute Gasteiger partial charge is 0.308 e. The highest BCUT2D eigenvalue weighted by Gasteiger charge is 2.17. The normalized spacial score (nSPS) is 13.4. The van der Waals surface area contributed by atoms with Crippen molar-refractivity contribution in [3.8, 4) is 5.75 Å². The minimum atomic E-state index is -0.427. The summed E-state index contributed by atoms with van der Waals surface area (Å²) in [5.74, 6) is -0.201. The van der Waals surface area contributed by atoms with Crippen molar-refractivity contribution in [2.45, 2.75) is 13.3 Å². The third-order valence-corrected chi connectivity index (χ3v) is 2.45. The van der Waals surface area contributed by atoms with E-state index in [0.717, 1.165) is 0 Å². The van der Waals surface area contributed by atoms with E-state index in [1.54, 1.807) is 30.3 Å². The average molecular weight is 228 g/mol. The Bertz CT molecular complexity index is 524. The molecule has 86 valence electrons. The van der Waals surface area contributed by atoms with Crippen molar-refractivity contribution in [1.29, 1.82) is 0 Å².